The fourth-order valence-corrected chi connectivity index (χ4v) is 4.55. The summed E-state index contributed by atoms with van der Waals surface area (Å²) in [5, 5.41) is 0. The highest BCUT2D eigenvalue weighted by Gasteiger charge is 2.60. The first-order chi connectivity index (χ1) is 9.77. The van der Waals surface area contributed by atoms with Gasteiger partial charge in [-0.1, -0.05) is 13.8 Å². The van der Waals surface area contributed by atoms with Crippen molar-refractivity contribution in [3.63, 3.8) is 0 Å². The van der Waals surface area contributed by atoms with Gasteiger partial charge in [0, 0.05) is 6.42 Å². The fraction of sp³-hybridized carbons (Fsp3) is 1.00. The summed E-state index contributed by atoms with van der Waals surface area (Å²) < 4.78 is 19.0. The van der Waals surface area contributed by atoms with Gasteiger partial charge in [-0.05, 0) is 58.8 Å². The summed E-state index contributed by atoms with van der Waals surface area (Å²) in [6.45, 7) is 11.9. The predicted octanol–water partition coefficient (Wildman–Crippen LogP) is 4.09. The van der Waals surface area contributed by atoms with Gasteiger partial charge < -0.3 is 14.2 Å². The highest BCUT2D eigenvalue weighted by atomic mass is 16.6. The maximum Gasteiger partial charge on any atom is 0.0924 e. The van der Waals surface area contributed by atoms with Gasteiger partial charge in [0.15, 0.2) is 0 Å². The molecule has 0 amide bonds. The van der Waals surface area contributed by atoms with Crippen LogP contribution in [0.5, 0.6) is 0 Å². The van der Waals surface area contributed by atoms with Gasteiger partial charge in [-0.15, -0.1) is 0 Å². The lowest BCUT2D eigenvalue weighted by Gasteiger charge is -2.39. The van der Waals surface area contributed by atoms with E-state index in [1.54, 1.807) is 0 Å². The van der Waals surface area contributed by atoms with Crippen LogP contribution in [-0.2, 0) is 14.2 Å². The summed E-state index contributed by atoms with van der Waals surface area (Å²) in [7, 11) is 0. The van der Waals surface area contributed by atoms with E-state index in [1.807, 2.05) is 0 Å². The van der Waals surface area contributed by atoms with Gasteiger partial charge in [0.05, 0.1) is 35.6 Å². The second kappa shape index (κ2) is 5.21. The number of rotatable bonds is 4. The van der Waals surface area contributed by atoms with Crippen LogP contribution in [0.4, 0.5) is 0 Å². The maximum atomic E-state index is 6.45. The van der Waals surface area contributed by atoms with E-state index in [2.05, 4.69) is 34.6 Å². The van der Waals surface area contributed by atoms with Crippen molar-refractivity contribution < 1.29 is 14.2 Å². The smallest absolute Gasteiger partial charge is 0.0924 e. The van der Waals surface area contributed by atoms with E-state index in [-0.39, 0.29) is 22.9 Å². The molecule has 3 aliphatic heterocycles. The Morgan fingerprint density at radius 3 is 2.57 bits per heavy atom. The molecule has 3 nitrogen and oxygen atoms in total. The minimum Gasteiger partial charge on any atom is -0.372 e. The summed E-state index contributed by atoms with van der Waals surface area (Å²) in [5.41, 5.74) is -0.136. The molecule has 122 valence electrons. The van der Waals surface area contributed by atoms with Crippen molar-refractivity contribution in [2.24, 2.45) is 5.92 Å². The fourth-order valence-electron chi connectivity index (χ4n) is 4.55. The summed E-state index contributed by atoms with van der Waals surface area (Å²) >= 11 is 0. The highest BCUT2D eigenvalue weighted by molar-refractivity contribution is 5.10. The van der Waals surface area contributed by atoms with Gasteiger partial charge in [0.1, 0.15) is 0 Å². The first-order valence-corrected chi connectivity index (χ1v) is 8.77. The number of hydrogen-bond acceptors (Lipinski definition) is 3. The van der Waals surface area contributed by atoms with E-state index >= 15 is 0 Å². The second-order valence-corrected chi connectivity index (χ2v) is 8.41. The molecule has 0 saturated carbocycles. The summed E-state index contributed by atoms with van der Waals surface area (Å²) in [5.74, 6) is 0.564. The molecule has 0 aromatic heterocycles. The Morgan fingerprint density at radius 1 is 1.19 bits per heavy atom. The molecule has 21 heavy (non-hydrogen) atoms. The molecule has 0 spiro atoms. The Hall–Kier alpha value is -0.120. The molecule has 3 fully saturated rings. The van der Waals surface area contributed by atoms with Gasteiger partial charge in [-0.3, -0.25) is 0 Å². The lowest BCUT2D eigenvalue weighted by molar-refractivity contribution is -0.169. The molecular weight excluding hydrogens is 264 g/mol. The van der Waals surface area contributed by atoms with Crippen LogP contribution in [0.2, 0.25) is 0 Å². The van der Waals surface area contributed by atoms with Gasteiger partial charge >= 0.3 is 0 Å². The zero-order valence-corrected chi connectivity index (χ0v) is 14.4. The Balaban J connectivity index is 1.61. The van der Waals surface area contributed by atoms with E-state index < -0.39 is 0 Å². The first kappa shape index (κ1) is 15.8. The number of hydrogen-bond donors (Lipinski definition) is 0. The van der Waals surface area contributed by atoms with Crippen molar-refractivity contribution in [2.45, 2.75) is 102 Å². The van der Waals surface area contributed by atoms with Crippen LogP contribution in [-0.4, -0.2) is 35.6 Å². The molecule has 2 bridgehead atoms. The molecule has 3 aliphatic rings. The molecule has 0 N–H and O–H groups in total. The minimum absolute atomic E-state index is 0.0566. The Bertz CT molecular complexity index is 396. The third-order valence-corrected chi connectivity index (χ3v) is 6.14. The normalized spacial score (nSPS) is 50.0. The van der Waals surface area contributed by atoms with Crippen LogP contribution in [0.25, 0.3) is 0 Å². The van der Waals surface area contributed by atoms with Crippen LogP contribution < -0.4 is 0 Å². The lowest BCUT2D eigenvalue weighted by Crippen LogP contribution is -2.45. The quantitative estimate of drug-likeness (QED) is 0.782. The average Bonchev–Trinajstić information content (AvgIpc) is 2.88. The summed E-state index contributed by atoms with van der Waals surface area (Å²) in [4.78, 5) is 0. The van der Waals surface area contributed by atoms with Crippen LogP contribution >= 0.6 is 0 Å². The average molecular weight is 296 g/mol. The molecular formula is C18H32O3. The lowest BCUT2D eigenvalue weighted by atomic mass is 9.75. The van der Waals surface area contributed by atoms with E-state index in [0.29, 0.717) is 18.6 Å². The Morgan fingerprint density at radius 2 is 1.95 bits per heavy atom. The van der Waals surface area contributed by atoms with Crippen LogP contribution in [0.3, 0.4) is 0 Å². The zero-order valence-electron chi connectivity index (χ0n) is 14.4. The molecule has 0 radical (unpaired) electrons. The molecule has 5 unspecified atom stereocenters. The third-order valence-electron chi connectivity index (χ3n) is 6.14. The Kier molecular flexibility index (Phi) is 3.91. The number of fused-ring (bicyclic) bond motifs is 2. The van der Waals surface area contributed by atoms with E-state index in [0.717, 1.165) is 19.3 Å². The van der Waals surface area contributed by atoms with E-state index in [1.165, 1.54) is 19.3 Å². The minimum atomic E-state index is -0.110. The molecule has 3 saturated heterocycles. The monoisotopic (exact) mass is 296 g/mol. The van der Waals surface area contributed by atoms with Crippen molar-refractivity contribution in [3.8, 4) is 0 Å². The number of ether oxygens (including phenoxy) is 3. The largest absolute Gasteiger partial charge is 0.372 e. The Labute approximate surface area is 129 Å². The van der Waals surface area contributed by atoms with Gasteiger partial charge in [-0.25, -0.2) is 0 Å². The molecule has 3 heterocycles. The SMILES string of the molecule is CC1CCCC(C)(COC2CC3(C(C)C)CCC2(C)O3)O1. The molecule has 0 aliphatic carbocycles. The van der Waals surface area contributed by atoms with Crippen LogP contribution in [0.1, 0.15) is 73.1 Å². The van der Waals surface area contributed by atoms with Gasteiger partial charge in [-0.2, -0.15) is 0 Å². The van der Waals surface area contributed by atoms with Crippen molar-refractivity contribution in [3.05, 3.63) is 0 Å². The van der Waals surface area contributed by atoms with Crippen molar-refractivity contribution >= 4 is 0 Å². The topological polar surface area (TPSA) is 27.7 Å². The molecule has 0 aromatic carbocycles. The molecule has 5 atom stereocenters. The predicted molar refractivity (Wildman–Crippen MR) is 83.5 cm³/mol. The van der Waals surface area contributed by atoms with Crippen molar-refractivity contribution in [1.29, 1.82) is 0 Å². The molecule has 0 aromatic rings. The molecule has 3 heteroatoms. The highest BCUT2D eigenvalue weighted by Crippen LogP contribution is 2.55. The summed E-state index contributed by atoms with van der Waals surface area (Å²) in [6, 6.07) is 0. The second-order valence-electron chi connectivity index (χ2n) is 8.41. The molecule has 3 rings (SSSR count). The van der Waals surface area contributed by atoms with Crippen LogP contribution in [0.15, 0.2) is 0 Å². The maximum absolute atomic E-state index is 6.45. The van der Waals surface area contributed by atoms with Crippen molar-refractivity contribution in [2.75, 3.05) is 6.61 Å². The van der Waals surface area contributed by atoms with E-state index in [9.17, 15) is 0 Å². The summed E-state index contributed by atoms with van der Waals surface area (Å²) in [6.07, 6.45) is 7.48. The third kappa shape index (κ3) is 2.77. The first-order valence-electron chi connectivity index (χ1n) is 8.77. The van der Waals surface area contributed by atoms with Crippen LogP contribution in [0, 0.1) is 5.92 Å². The van der Waals surface area contributed by atoms with Gasteiger partial charge in [0.25, 0.3) is 0 Å². The van der Waals surface area contributed by atoms with Gasteiger partial charge in [0.2, 0.25) is 0 Å². The standard InChI is InChI=1S/C18H32O3/c1-13(2)18-10-9-17(5,21-18)15(11-18)19-12-16(4)8-6-7-14(3)20-16/h13-15H,6-12H2,1-5H3. The van der Waals surface area contributed by atoms with E-state index in [4.69, 9.17) is 14.2 Å². The van der Waals surface area contributed by atoms with Crippen molar-refractivity contribution in [1.82, 2.24) is 0 Å². The zero-order chi connectivity index (χ0) is 15.3.